The zero-order chi connectivity index (χ0) is 12.6. The van der Waals surface area contributed by atoms with Crippen molar-refractivity contribution in [3.63, 3.8) is 0 Å². The van der Waals surface area contributed by atoms with Crippen LogP contribution >= 0.6 is 0 Å². The molecule has 0 unspecified atom stereocenters. The van der Waals surface area contributed by atoms with Crippen LogP contribution in [0.3, 0.4) is 0 Å². The zero-order valence-corrected chi connectivity index (χ0v) is 8.95. The van der Waals surface area contributed by atoms with Gasteiger partial charge in [-0.3, -0.25) is 20.2 Å². The zero-order valence-electron chi connectivity index (χ0n) is 8.95. The summed E-state index contributed by atoms with van der Waals surface area (Å²) in [5.74, 6) is 0. The summed E-state index contributed by atoms with van der Waals surface area (Å²) in [6.45, 7) is 2.78. The minimum atomic E-state index is -0.674. The third kappa shape index (κ3) is 5.01. The van der Waals surface area contributed by atoms with Gasteiger partial charge in [0, 0.05) is 25.8 Å². The van der Waals surface area contributed by atoms with Crippen molar-refractivity contribution < 1.29 is 14.6 Å². The van der Waals surface area contributed by atoms with Crippen LogP contribution in [0.25, 0.3) is 0 Å². The molecular weight excluding hydrogens is 216 g/mol. The van der Waals surface area contributed by atoms with Gasteiger partial charge in [-0.2, -0.15) is 0 Å². The predicted octanol–water partition coefficient (Wildman–Crippen LogP) is 2.16. The van der Waals surface area contributed by atoms with Crippen molar-refractivity contribution in [2.75, 3.05) is 13.7 Å². The molecule has 1 aromatic carbocycles. The fourth-order valence-corrected chi connectivity index (χ4v) is 0.720. The van der Waals surface area contributed by atoms with Crippen LogP contribution in [-0.4, -0.2) is 23.6 Å². The summed E-state index contributed by atoms with van der Waals surface area (Å²) in [4.78, 5) is 19.0. The number of non-ortho nitro benzene ring substituents is 2. The fourth-order valence-electron chi connectivity index (χ4n) is 0.720. The summed E-state index contributed by atoms with van der Waals surface area (Å²) in [5.41, 5.74) is -0.548. The molecule has 0 aromatic heterocycles. The molecule has 16 heavy (non-hydrogen) atoms. The van der Waals surface area contributed by atoms with Gasteiger partial charge >= 0.3 is 0 Å². The molecule has 0 heterocycles. The lowest BCUT2D eigenvalue weighted by Crippen LogP contribution is -1.91. The second-order valence-corrected chi connectivity index (χ2v) is 2.61. The van der Waals surface area contributed by atoms with Gasteiger partial charge in [0.05, 0.1) is 15.9 Å². The summed E-state index contributed by atoms with van der Waals surface area (Å²) in [6.07, 6.45) is 0. The normalized spacial score (nSPS) is 8.88. The first kappa shape index (κ1) is 14.0. The van der Waals surface area contributed by atoms with Crippen molar-refractivity contribution in [2.24, 2.45) is 0 Å². The van der Waals surface area contributed by atoms with E-state index >= 15 is 0 Å². The number of benzene rings is 1. The van der Waals surface area contributed by atoms with Crippen LogP contribution in [-0.2, 0) is 4.74 Å². The lowest BCUT2D eigenvalue weighted by molar-refractivity contribution is -0.394. The summed E-state index contributed by atoms with van der Waals surface area (Å²) in [6, 6.07) is 4.59. The Labute approximate surface area is 92.0 Å². The maximum absolute atomic E-state index is 10.2. The second-order valence-electron chi connectivity index (χ2n) is 2.61. The maximum Gasteiger partial charge on any atom is 0.276 e. The molecule has 7 heteroatoms. The molecule has 0 atom stereocenters. The summed E-state index contributed by atoms with van der Waals surface area (Å²) in [7, 11) is 1.68. The third-order valence-corrected chi connectivity index (χ3v) is 1.54. The molecule has 0 radical (unpaired) electrons. The minimum Gasteiger partial charge on any atom is -0.385 e. The Hall–Kier alpha value is -2.02. The van der Waals surface area contributed by atoms with Crippen molar-refractivity contribution in [3.8, 4) is 0 Å². The Bertz CT molecular complexity index is 335. The Morgan fingerprint density at radius 2 is 1.56 bits per heavy atom. The number of rotatable bonds is 3. The molecule has 88 valence electrons. The van der Waals surface area contributed by atoms with Crippen molar-refractivity contribution in [3.05, 3.63) is 44.5 Å². The Kier molecular flexibility index (Phi) is 6.37. The number of methoxy groups -OCH3 is 1. The molecule has 7 nitrogen and oxygen atoms in total. The van der Waals surface area contributed by atoms with Crippen LogP contribution in [0, 0.1) is 20.2 Å². The summed E-state index contributed by atoms with van der Waals surface area (Å²) >= 11 is 0. The van der Waals surface area contributed by atoms with E-state index in [4.69, 9.17) is 0 Å². The number of ether oxygens (including phenoxy) is 1. The molecule has 0 saturated carbocycles. The lowest BCUT2D eigenvalue weighted by atomic mass is 10.3. The van der Waals surface area contributed by atoms with E-state index in [1.54, 1.807) is 7.11 Å². The second kappa shape index (κ2) is 7.30. The summed E-state index contributed by atoms with van der Waals surface area (Å²) < 4.78 is 4.54. The topological polar surface area (TPSA) is 95.5 Å². The van der Waals surface area contributed by atoms with Gasteiger partial charge in [-0.15, -0.1) is 0 Å². The number of nitro groups is 2. The van der Waals surface area contributed by atoms with E-state index in [0.29, 0.717) is 0 Å². The van der Waals surface area contributed by atoms with Crippen LogP contribution in [0.1, 0.15) is 6.92 Å². The molecular formula is C9H12N2O5. The molecule has 1 aromatic rings. The van der Waals surface area contributed by atoms with Gasteiger partial charge < -0.3 is 4.74 Å². The van der Waals surface area contributed by atoms with Crippen LogP contribution in [0.4, 0.5) is 11.4 Å². The number of nitrogens with zero attached hydrogens (tertiary/aromatic N) is 2. The van der Waals surface area contributed by atoms with E-state index in [0.717, 1.165) is 12.7 Å². The molecule has 0 bridgehead atoms. The van der Waals surface area contributed by atoms with Gasteiger partial charge in [0.25, 0.3) is 11.4 Å². The van der Waals surface area contributed by atoms with E-state index in [1.807, 2.05) is 6.92 Å². The summed E-state index contributed by atoms with van der Waals surface area (Å²) in [5, 5.41) is 20.3. The van der Waals surface area contributed by atoms with Gasteiger partial charge in [-0.05, 0) is 13.0 Å². The van der Waals surface area contributed by atoms with E-state index in [2.05, 4.69) is 4.74 Å². The quantitative estimate of drug-likeness (QED) is 0.583. The molecule has 0 aliphatic heterocycles. The first-order valence-electron chi connectivity index (χ1n) is 4.40. The SMILES string of the molecule is CCOC.O=[N+]([O-])c1cccc([N+](=O)[O-])c1. The largest absolute Gasteiger partial charge is 0.385 e. The molecule has 0 N–H and O–H groups in total. The Balaban J connectivity index is 0.000000487. The molecule has 1 rings (SSSR count). The molecule has 0 aliphatic carbocycles. The van der Waals surface area contributed by atoms with Crippen molar-refractivity contribution >= 4 is 11.4 Å². The van der Waals surface area contributed by atoms with Gasteiger partial charge in [-0.1, -0.05) is 0 Å². The molecule has 0 spiro atoms. The lowest BCUT2D eigenvalue weighted by Gasteiger charge is -1.90. The van der Waals surface area contributed by atoms with E-state index in [-0.39, 0.29) is 11.4 Å². The van der Waals surface area contributed by atoms with Crippen LogP contribution in [0.15, 0.2) is 24.3 Å². The third-order valence-electron chi connectivity index (χ3n) is 1.54. The fraction of sp³-hybridized carbons (Fsp3) is 0.333. The van der Waals surface area contributed by atoms with Crippen molar-refractivity contribution in [1.82, 2.24) is 0 Å². The van der Waals surface area contributed by atoms with E-state index in [1.165, 1.54) is 18.2 Å². The molecule has 0 aliphatic rings. The van der Waals surface area contributed by atoms with Gasteiger partial charge in [0.2, 0.25) is 0 Å². The monoisotopic (exact) mass is 228 g/mol. The highest BCUT2D eigenvalue weighted by Gasteiger charge is 2.11. The van der Waals surface area contributed by atoms with Crippen molar-refractivity contribution in [1.29, 1.82) is 0 Å². The van der Waals surface area contributed by atoms with Gasteiger partial charge in [-0.25, -0.2) is 0 Å². The Morgan fingerprint density at radius 1 is 1.19 bits per heavy atom. The molecule has 0 amide bonds. The minimum absolute atomic E-state index is 0.274. The van der Waals surface area contributed by atoms with Crippen LogP contribution < -0.4 is 0 Å². The highest BCUT2D eigenvalue weighted by molar-refractivity contribution is 5.42. The number of hydrogen-bond acceptors (Lipinski definition) is 5. The first-order valence-corrected chi connectivity index (χ1v) is 4.40. The average molecular weight is 228 g/mol. The number of hydrogen-bond donors (Lipinski definition) is 0. The average Bonchev–Trinajstić information content (AvgIpc) is 2.29. The van der Waals surface area contributed by atoms with Crippen molar-refractivity contribution in [2.45, 2.75) is 6.92 Å². The van der Waals surface area contributed by atoms with Gasteiger partial charge in [0.1, 0.15) is 0 Å². The maximum atomic E-state index is 10.2. The highest BCUT2D eigenvalue weighted by Crippen LogP contribution is 2.18. The highest BCUT2D eigenvalue weighted by atomic mass is 16.6. The van der Waals surface area contributed by atoms with E-state index in [9.17, 15) is 20.2 Å². The van der Waals surface area contributed by atoms with Crippen LogP contribution in [0.2, 0.25) is 0 Å². The number of nitro benzene ring substituents is 2. The Morgan fingerprint density at radius 3 is 1.81 bits per heavy atom. The predicted molar refractivity (Wildman–Crippen MR) is 57.3 cm³/mol. The smallest absolute Gasteiger partial charge is 0.276 e. The van der Waals surface area contributed by atoms with Crippen LogP contribution in [0.5, 0.6) is 0 Å². The molecule has 0 fully saturated rings. The van der Waals surface area contributed by atoms with E-state index < -0.39 is 9.85 Å². The van der Waals surface area contributed by atoms with Gasteiger partial charge in [0.15, 0.2) is 0 Å². The standard InChI is InChI=1S/C6H4N2O4.C3H8O/c9-7(10)5-2-1-3-6(4-5)8(11)12;1-3-4-2/h1-4H;3H2,1-2H3. The molecule has 0 saturated heterocycles. The first-order chi connectivity index (χ1) is 7.52.